The minimum atomic E-state index is 0.0947. The van der Waals surface area contributed by atoms with Crippen LogP contribution in [0.15, 0.2) is 24.3 Å². The molecule has 1 aromatic carbocycles. The lowest BCUT2D eigenvalue weighted by Gasteiger charge is -2.12. The second kappa shape index (κ2) is 6.69. The maximum Gasteiger partial charge on any atom is 0.224 e. The molecule has 0 heterocycles. The number of halogens is 1. The Morgan fingerprint density at radius 2 is 2.00 bits per heavy atom. The topological polar surface area (TPSA) is 29.1 Å². The van der Waals surface area contributed by atoms with Crippen LogP contribution in [-0.2, 0) is 11.2 Å². The molecule has 3 heteroatoms. The molecule has 1 rings (SSSR count). The first-order valence-electron chi connectivity index (χ1n) is 5.52. The molecule has 0 aliphatic carbocycles. The third-order valence-electron chi connectivity index (χ3n) is 2.43. The fraction of sp³-hybridized carbons (Fsp3) is 0.462. The van der Waals surface area contributed by atoms with Gasteiger partial charge in [-0.05, 0) is 25.8 Å². The van der Waals surface area contributed by atoms with Crippen LogP contribution >= 0.6 is 15.9 Å². The van der Waals surface area contributed by atoms with Gasteiger partial charge in [0.2, 0.25) is 5.91 Å². The van der Waals surface area contributed by atoms with E-state index in [1.807, 2.05) is 38.1 Å². The molecule has 0 spiro atoms. The van der Waals surface area contributed by atoms with E-state index < -0.39 is 0 Å². The van der Waals surface area contributed by atoms with Crippen molar-refractivity contribution in [2.45, 2.75) is 32.7 Å². The third kappa shape index (κ3) is 4.79. The number of amides is 1. The van der Waals surface area contributed by atoms with E-state index in [9.17, 15) is 4.79 Å². The van der Waals surface area contributed by atoms with Gasteiger partial charge in [0.25, 0.3) is 0 Å². The lowest BCUT2D eigenvalue weighted by Crippen LogP contribution is -2.33. The summed E-state index contributed by atoms with van der Waals surface area (Å²) in [6.45, 7) is 4.07. The number of benzene rings is 1. The highest BCUT2D eigenvalue weighted by Gasteiger charge is 2.07. The van der Waals surface area contributed by atoms with Crippen LogP contribution in [-0.4, -0.2) is 17.3 Å². The smallest absolute Gasteiger partial charge is 0.224 e. The van der Waals surface area contributed by atoms with Crippen molar-refractivity contribution < 1.29 is 4.79 Å². The first-order chi connectivity index (χ1) is 7.61. The Morgan fingerprint density at radius 1 is 1.38 bits per heavy atom. The Labute approximate surface area is 106 Å². The van der Waals surface area contributed by atoms with Crippen LogP contribution in [0.2, 0.25) is 0 Å². The summed E-state index contributed by atoms with van der Waals surface area (Å²) in [5.41, 5.74) is 2.28. The summed E-state index contributed by atoms with van der Waals surface area (Å²) in [5, 5.41) is 3.89. The molecule has 1 unspecified atom stereocenters. The molecule has 0 radical (unpaired) electrons. The van der Waals surface area contributed by atoms with Gasteiger partial charge in [-0.2, -0.15) is 0 Å². The number of carbonyl (C=O) groups excluding carboxylic acids is 1. The van der Waals surface area contributed by atoms with Gasteiger partial charge < -0.3 is 5.32 Å². The van der Waals surface area contributed by atoms with E-state index in [2.05, 4.69) is 21.2 Å². The average molecular weight is 284 g/mol. The van der Waals surface area contributed by atoms with Gasteiger partial charge in [0.1, 0.15) is 0 Å². The van der Waals surface area contributed by atoms with Crippen molar-refractivity contribution in [3.05, 3.63) is 35.4 Å². The molecule has 88 valence electrons. The van der Waals surface area contributed by atoms with Gasteiger partial charge in [0.15, 0.2) is 0 Å². The van der Waals surface area contributed by atoms with Gasteiger partial charge >= 0.3 is 0 Å². The van der Waals surface area contributed by atoms with Crippen LogP contribution < -0.4 is 5.32 Å². The monoisotopic (exact) mass is 283 g/mol. The van der Waals surface area contributed by atoms with Gasteiger partial charge in [-0.25, -0.2) is 0 Å². The number of hydrogen-bond donors (Lipinski definition) is 1. The maximum absolute atomic E-state index is 11.7. The number of hydrogen-bond acceptors (Lipinski definition) is 1. The fourth-order valence-electron chi connectivity index (χ4n) is 1.45. The molecule has 0 aliphatic rings. The van der Waals surface area contributed by atoms with Gasteiger partial charge in [0, 0.05) is 11.4 Å². The second-order valence-electron chi connectivity index (χ2n) is 4.11. The Morgan fingerprint density at radius 3 is 2.56 bits per heavy atom. The fourth-order valence-corrected chi connectivity index (χ4v) is 2.14. The summed E-state index contributed by atoms with van der Waals surface area (Å²) < 4.78 is 0. The van der Waals surface area contributed by atoms with Crippen molar-refractivity contribution in [3.8, 4) is 0 Å². The maximum atomic E-state index is 11.7. The zero-order chi connectivity index (χ0) is 12.0. The summed E-state index contributed by atoms with van der Waals surface area (Å²) >= 11 is 3.36. The minimum absolute atomic E-state index is 0.0947. The summed E-state index contributed by atoms with van der Waals surface area (Å²) in [5.74, 6) is 0.0947. The first kappa shape index (κ1) is 13.2. The minimum Gasteiger partial charge on any atom is -0.353 e. The van der Waals surface area contributed by atoms with E-state index in [0.717, 1.165) is 17.3 Å². The van der Waals surface area contributed by atoms with Crippen LogP contribution in [0.4, 0.5) is 0 Å². The number of aryl methyl sites for hydroxylation is 1. The Hall–Kier alpha value is -0.830. The highest BCUT2D eigenvalue weighted by atomic mass is 79.9. The molecular formula is C13H18BrNO. The number of carbonyl (C=O) groups is 1. The van der Waals surface area contributed by atoms with Crippen LogP contribution in [0.1, 0.15) is 24.5 Å². The lowest BCUT2D eigenvalue weighted by molar-refractivity contribution is -0.121. The zero-order valence-corrected chi connectivity index (χ0v) is 11.4. The van der Waals surface area contributed by atoms with Crippen LogP contribution in [0.5, 0.6) is 0 Å². The van der Waals surface area contributed by atoms with Crippen LogP contribution in [0, 0.1) is 6.92 Å². The predicted molar refractivity (Wildman–Crippen MR) is 70.9 cm³/mol. The number of rotatable bonds is 5. The molecule has 0 fully saturated rings. The van der Waals surface area contributed by atoms with Crippen molar-refractivity contribution in [1.29, 1.82) is 0 Å². The highest BCUT2D eigenvalue weighted by molar-refractivity contribution is 9.09. The number of nitrogens with one attached hydrogen (secondary N) is 1. The number of alkyl halides is 1. The molecule has 0 saturated heterocycles. The molecule has 1 amide bonds. The molecule has 1 atom stereocenters. The summed E-state index contributed by atoms with van der Waals surface area (Å²) in [4.78, 5) is 11.7. The Kier molecular flexibility index (Phi) is 5.53. The van der Waals surface area contributed by atoms with Crippen molar-refractivity contribution >= 4 is 21.8 Å². The molecule has 16 heavy (non-hydrogen) atoms. The largest absolute Gasteiger partial charge is 0.353 e. The summed E-state index contributed by atoms with van der Waals surface area (Å²) in [6.07, 6.45) is 1.42. The van der Waals surface area contributed by atoms with Crippen molar-refractivity contribution in [2.24, 2.45) is 0 Å². The average Bonchev–Trinajstić information content (AvgIpc) is 2.21. The first-order valence-corrected chi connectivity index (χ1v) is 6.65. The highest BCUT2D eigenvalue weighted by Crippen LogP contribution is 2.04. The van der Waals surface area contributed by atoms with Crippen molar-refractivity contribution in [1.82, 2.24) is 5.32 Å². The SMILES string of the molecule is Cc1ccc(CC(=O)NC(C)CCBr)cc1. The summed E-state index contributed by atoms with van der Waals surface area (Å²) in [6, 6.07) is 8.31. The molecule has 0 aromatic heterocycles. The van der Waals surface area contributed by atoms with Crippen molar-refractivity contribution in [3.63, 3.8) is 0 Å². The molecule has 0 aliphatic heterocycles. The summed E-state index contributed by atoms with van der Waals surface area (Å²) in [7, 11) is 0. The standard InChI is InChI=1S/C13H18BrNO/c1-10-3-5-12(6-4-10)9-13(16)15-11(2)7-8-14/h3-6,11H,7-9H2,1-2H3,(H,15,16). The van der Waals surface area contributed by atoms with E-state index in [0.29, 0.717) is 6.42 Å². The van der Waals surface area contributed by atoms with E-state index in [-0.39, 0.29) is 11.9 Å². The molecule has 1 aromatic rings. The van der Waals surface area contributed by atoms with E-state index in [1.54, 1.807) is 0 Å². The Balaban J connectivity index is 2.42. The molecule has 0 bridgehead atoms. The Bertz CT molecular complexity index is 334. The predicted octanol–water partition coefficient (Wildman–Crippen LogP) is 2.83. The van der Waals surface area contributed by atoms with E-state index >= 15 is 0 Å². The lowest BCUT2D eigenvalue weighted by atomic mass is 10.1. The van der Waals surface area contributed by atoms with E-state index in [1.165, 1.54) is 5.56 Å². The normalized spacial score (nSPS) is 12.2. The van der Waals surface area contributed by atoms with Gasteiger partial charge in [-0.1, -0.05) is 45.8 Å². The molecule has 2 nitrogen and oxygen atoms in total. The molecular weight excluding hydrogens is 266 g/mol. The van der Waals surface area contributed by atoms with Gasteiger partial charge in [0.05, 0.1) is 6.42 Å². The van der Waals surface area contributed by atoms with Crippen LogP contribution in [0.3, 0.4) is 0 Å². The van der Waals surface area contributed by atoms with Crippen LogP contribution in [0.25, 0.3) is 0 Å². The van der Waals surface area contributed by atoms with Gasteiger partial charge in [-0.3, -0.25) is 4.79 Å². The van der Waals surface area contributed by atoms with Gasteiger partial charge in [-0.15, -0.1) is 0 Å². The zero-order valence-electron chi connectivity index (χ0n) is 9.79. The van der Waals surface area contributed by atoms with E-state index in [4.69, 9.17) is 0 Å². The molecule has 1 N–H and O–H groups in total. The second-order valence-corrected chi connectivity index (χ2v) is 4.90. The third-order valence-corrected chi connectivity index (χ3v) is 2.89. The molecule has 0 saturated carbocycles. The van der Waals surface area contributed by atoms with Crippen molar-refractivity contribution in [2.75, 3.05) is 5.33 Å². The quantitative estimate of drug-likeness (QED) is 0.828.